The van der Waals surface area contributed by atoms with E-state index in [1.807, 2.05) is 0 Å². The van der Waals surface area contributed by atoms with E-state index in [2.05, 4.69) is 5.32 Å². The van der Waals surface area contributed by atoms with Gasteiger partial charge < -0.3 is 10.4 Å². The zero-order valence-electron chi connectivity index (χ0n) is 7.25. The van der Waals surface area contributed by atoms with E-state index in [0.29, 0.717) is 11.7 Å². The molecule has 0 bridgehead atoms. The van der Waals surface area contributed by atoms with E-state index in [1.54, 1.807) is 24.3 Å². The first-order valence-electron chi connectivity index (χ1n) is 4.14. The number of rotatable bonds is 1. The number of carbonyl (C=O) groups is 1. The fraction of sp³-hybridized carbons (Fsp3) is 0.100. The first-order chi connectivity index (χ1) is 6.66. The molecule has 14 heavy (non-hydrogen) atoms. The summed E-state index contributed by atoms with van der Waals surface area (Å²) in [5.74, 6) is -0.921. The summed E-state index contributed by atoms with van der Waals surface area (Å²) in [6.07, 6.45) is 1.73. The molecular formula is C10H8ClNO2. The molecule has 1 heterocycles. The Morgan fingerprint density at radius 3 is 3.00 bits per heavy atom. The van der Waals surface area contributed by atoms with E-state index in [4.69, 9.17) is 16.7 Å². The van der Waals surface area contributed by atoms with Crippen LogP contribution in [0.4, 0.5) is 0 Å². The molecule has 72 valence electrons. The smallest absolute Gasteiger partial charge is 0.335 e. The molecular weight excluding hydrogens is 202 g/mol. The van der Waals surface area contributed by atoms with E-state index < -0.39 is 5.97 Å². The Morgan fingerprint density at radius 2 is 2.29 bits per heavy atom. The number of carboxylic acids is 1. The van der Waals surface area contributed by atoms with Crippen molar-refractivity contribution in [2.24, 2.45) is 0 Å². The highest BCUT2D eigenvalue weighted by molar-refractivity contribution is 6.31. The van der Waals surface area contributed by atoms with Gasteiger partial charge in [-0.1, -0.05) is 17.7 Å². The molecule has 0 unspecified atom stereocenters. The molecule has 0 fully saturated rings. The Morgan fingerprint density at radius 1 is 1.50 bits per heavy atom. The van der Waals surface area contributed by atoms with Crippen LogP contribution in [0.3, 0.4) is 0 Å². The molecule has 4 heteroatoms. The molecule has 1 aromatic rings. The zero-order valence-corrected chi connectivity index (χ0v) is 8.01. The van der Waals surface area contributed by atoms with Gasteiger partial charge in [0.25, 0.3) is 0 Å². The third-order valence-electron chi connectivity index (χ3n) is 2.12. The summed E-state index contributed by atoms with van der Waals surface area (Å²) in [6.45, 7) is 0.643. The Kier molecular flexibility index (Phi) is 2.17. The second-order valence-corrected chi connectivity index (χ2v) is 3.47. The molecule has 1 aliphatic rings. The first-order valence-corrected chi connectivity index (χ1v) is 4.52. The van der Waals surface area contributed by atoms with Crippen LogP contribution < -0.4 is 5.32 Å². The lowest BCUT2D eigenvalue weighted by Crippen LogP contribution is -2.14. The van der Waals surface area contributed by atoms with Crippen molar-refractivity contribution in [1.82, 2.24) is 5.32 Å². The molecule has 0 saturated heterocycles. The third kappa shape index (κ3) is 1.59. The molecule has 0 amide bonds. The van der Waals surface area contributed by atoms with E-state index in [1.165, 1.54) is 0 Å². The Bertz CT molecular complexity index is 426. The van der Waals surface area contributed by atoms with Crippen molar-refractivity contribution >= 4 is 23.6 Å². The Labute approximate surface area is 86.0 Å². The fourth-order valence-electron chi connectivity index (χ4n) is 1.39. The molecule has 2 N–H and O–H groups in total. The number of hydrogen-bond acceptors (Lipinski definition) is 2. The topological polar surface area (TPSA) is 49.3 Å². The van der Waals surface area contributed by atoms with Gasteiger partial charge >= 0.3 is 5.97 Å². The summed E-state index contributed by atoms with van der Waals surface area (Å²) in [5.41, 5.74) is 2.21. The fourth-order valence-corrected chi connectivity index (χ4v) is 1.57. The molecule has 3 nitrogen and oxygen atoms in total. The quantitative estimate of drug-likeness (QED) is 0.696. The lowest BCUT2D eigenvalue weighted by molar-refractivity contribution is 0.0697. The van der Waals surface area contributed by atoms with Gasteiger partial charge in [-0.3, -0.25) is 0 Å². The largest absolute Gasteiger partial charge is 0.478 e. The summed E-state index contributed by atoms with van der Waals surface area (Å²) in [5, 5.41) is 12.3. The van der Waals surface area contributed by atoms with Crippen molar-refractivity contribution in [2.75, 3.05) is 0 Å². The number of halogens is 1. The molecule has 0 radical (unpaired) electrons. The summed E-state index contributed by atoms with van der Waals surface area (Å²) < 4.78 is 0. The molecule has 0 aliphatic carbocycles. The maximum Gasteiger partial charge on any atom is 0.335 e. The van der Waals surface area contributed by atoms with Crippen LogP contribution in [0.5, 0.6) is 0 Å². The molecule has 1 aromatic carbocycles. The van der Waals surface area contributed by atoms with Crippen molar-refractivity contribution < 1.29 is 9.90 Å². The lowest BCUT2D eigenvalue weighted by atomic mass is 10.0. The monoisotopic (exact) mass is 209 g/mol. The summed E-state index contributed by atoms with van der Waals surface area (Å²) in [4.78, 5) is 10.7. The van der Waals surface area contributed by atoms with Gasteiger partial charge in [0.2, 0.25) is 0 Å². The van der Waals surface area contributed by atoms with E-state index >= 15 is 0 Å². The van der Waals surface area contributed by atoms with Gasteiger partial charge in [0.15, 0.2) is 0 Å². The number of aromatic carboxylic acids is 1. The molecule has 2 rings (SSSR count). The molecule has 0 aromatic heterocycles. The Balaban J connectivity index is 2.49. The standard InChI is InChI=1S/C10H8ClNO2/c11-9-4-8-3-6(10(13)14)1-2-7(8)5-12-9/h1-4,12H,5H2,(H,13,14). The average molecular weight is 210 g/mol. The molecule has 0 saturated carbocycles. The SMILES string of the molecule is O=C(O)c1ccc2c(c1)C=C(Cl)NC2. The highest BCUT2D eigenvalue weighted by atomic mass is 35.5. The third-order valence-corrected chi connectivity index (χ3v) is 2.37. The van der Waals surface area contributed by atoms with Crippen molar-refractivity contribution in [3.8, 4) is 0 Å². The minimum Gasteiger partial charge on any atom is -0.478 e. The number of nitrogens with one attached hydrogen (secondary N) is 1. The van der Waals surface area contributed by atoms with Crippen molar-refractivity contribution in [3.63, 3.8) is 0 Å². The van der Waals surface area contributed by atoms with Crippen LogP contribution in [-0.2, 0) is 6.54 Å². The van der Waals surface area contributed by atoms with Crippen LogP contribution in [0.25, 0.3) is 6.08 Å². The van der Waals surface area contributed by atoms with Gasteiger partial charge in [0, 0.05) is 6.54 Å². The van der Waals surface area contributed by atoms with Gasteiger partial charge in [0.05, 0.1) is 5.56 Å². The van der Waals surface area contributed by atoms with Gasteiger partial charge in [-0.15, -0.1) is 0 Å². The van der Waals surface area contributed by atoms with Crippen LogP contribution in [0.15, 0.2) is 23.4 Å². The van der Waals surface area contributed by atoms with Gasteiger partial charge in [0.1, 0.15) is 5.16 Å². The highest BCUT2D eigenvalue weighted by Gasteiger charge is 2.10. The van der Waals surface area contributed by atoms with Gasteiger partial charge in [-0.25, -0.2) is 4.79 Å². The first kappa shape index (κ1) is 9.09. The highest BCUT2D eigenvalue weighted by Crippen LogP contribution is 2.20. The normalized spacial score (nSPS) is 13.9. The molecule has 0 spiro atoms. The van der Waals surface area contributed by atoms with E-state index in [-0.39, 0.29) is 5.56 Å². The second kappa shape index (κ2) is 3.35. The number of carboxylic acid groups (broad SMARTS) is 1. The van der Waals surface area contributed by atoms with Gasteiger partial charge in [-0.2, -0.15) is 0 Å². The predicted octanol–water partition coefficient (Wildman–Crippen LogP) is 2.03. The number of fused-ring (bicyclic) bond motifs is 1. The van der Waals surface area contributed by atoms with Crippen LogP contribution in [0.2, 0.25) is 0 Å². The van der Waals surface area contributed by atoms with Crippen LogP contribution >= 0.6 is 11.6 Å². The van der Waals surface area contributed by atoms with Gasteiger partial charge in [-0.05, 0) is 29.3 Å². The lowest BCUT2D eigenvalue weighted by Gasteiger charge is -2.14. The Hall–Kier alpha value is -1.48. The maximum absolute atomic E-state index is 10.7. The zero-order chi connectivity index (χ0) is 10.1. The molecule has 0 atom stereocenters. The van der Waals surface area contributed by atoms with E-state index in [0.717, 1.165) is 11.1 Å². The predicted molar refractivity (Wildman–Crippen MR) is 54.1 cm³/mol. The minimum atomic E-state index is -0.921. The molecule has 1 aliphatic heterocycles. The van der Waals surface area contributed by atoms with Crippen molar-refractivity contribution in [1.29, 1.82) is 0 Å². The number of hydrogen-bond donors (Lipinski definition) is 2. The average Bonchev–Trinajstić information content (AvgIpc) is 2.16. The van der Waals surface area contributed by atoms with Crippen LogP contribution in [-0.4, -0.2) is 11.1 Å². The van der Waals surface area contributed by atoms with Crippen LogP contribution in [0.1, 0.15) is 21.5 Å². The number of benzene rings is 1. The summed E-state index contributed by atoms with van der Waals surface area (Å²) in [7, 11) is 0. The minimum absolute atomic E-state index is 0.284. The summed E-state index contributed by atoms with van der Waals surface area (Å²) in [6, 6.07) is 5.02. The summed E-state index contributed by atoms with van der Waals surface area (Å²) >= 11 is 5.78. The van der Waals surface area contributed by atoms with Crippen LogP contribution in [0, 0.1) is 0 Å². The van der Waals surface area contributed by atoms with Crippen molar-refractivity contribution in [3.05, 3.63) is 40.0 Å². The van der Waals surface area contributed by atoms with Crippen molar-refractivity contribution in [2.45, 2.75) is 6.54 Å². The second-order valence-electron chi connectivity index (χ2n) is 3.06. The van der Waals surface area contributed by atoms with E-state index in [9.17, 15) is 4.79 Å². The maximum atomic E-state index is 10.7.